The van der Waals surface area contributed by atoms with Gasteiger partial charge in [0.2, 0.25) is 0 Å². The number of aliphatic carboxylic acids is 1. The molecule has 0 fully saturated rings. The Morgan fingerprint density at radius 1 is 1.53 bits per heavy atom. The van der Waals surface area contributed by atoms with Gasteiger partial charge < -0.3 is 10.2 Å². The molecule has 82 valence electrons. The topological polar surface area (TPSA) is 57.5 Å². The molecule has 0 aliphatic rings. The number of rotatable bonds is 2. The number of carbonyl (C=O) groups is 1. The highest BCUT2D eigenvalue weighted by molar-refractivity contribution is 6.32. The van der Waals surface area contributed by atoms with E-state index in [0.717, 1.165) is 10.6 Å². The third-order valence-corrected chi connectivity index (χ3v) is 1.83. The molecule has 1 rings (SSSR count). The summed E-state index contributed by atoms with van der Waals surface area (Å²) in [7, 11) is 0. The van der Waals surface area contributed by atoms with Crippen LogP contribution in [-0.4, -0.2) is 22.3 Å². The van der Waals surface area contributed by atoms with Gasteiger partial charge in [0.15, 0.2) is 0 Å². The highest BCUT2D eigenvalue weighted by Gasteiger charge is 2.01. The SMILES string of the molecule is C=Cc1ccccc1Cl.CC(O)C(=O)O. The second-order valence-corrected chi connectivity index (χ2v) is 3.15. The second-order valence-electron chi connectivity index (χ2n) is 2.74. The molecule has 4 heteroatoms. The highest BCUT2D eigenvalue weighted by Crippen LogP contribution is 2.14. The molecule has 0 saturated carbocycles. The van der Waals surface area contributed by atoms with E-state index in [1.165, 1.54) is 6.92 Å². The number of benzene rings is 1. The molecular formula is C11H13ClO3. The summed E-state index contributed by atoms with van der Waals surface area (Å²) in [6.07, 6.45) is 0.507. The first-order valence-corrected chi connectivity index (χ1v) is 4.64. The molecule has 15 heavy (non-hydrogen) atoms. The quantitative estimate of drug-likeness (QED) is 0.818. The first-order valence-electron chi connectivity index (χ1n) is 4.27. The molecule has 0 heterocycles. The van der Waals surface area contributed by atoms with Gasteiger partial charge in [-0.15, -0.1) is 0 Å². The zero-order chi connectivity index (χ0) is 11.8. The first kappa shape index (κ1) is 13.7. The molecule has 1 atom stereocenters. The number of hydrogen-bond acceptors (Lipinski definition) is 2. The number of carboxylic acids is 1. The Bertz CT molecular complexity index is 334. The fourth-order valence-corrected chi connectivity index (χ4v) is 0.854. The number of carboxylic acid groups (broad SMARTS) is 1. The summed E-state index contributed by atoms with van der Waals surface area (Å²) in [4.78, 5) is 9.45. The van der Waals surface area contributed by atoms with Gasteiger partial charge in [-0.1, -0.05) is 42.5 Å². The standard InChI is InChI=1S/C8H7Cl.C3H6O3/c1-2-7-5-3-4-6-8(7)9;1-2(4)3(5)6/h2-6H,1H2;2,4H,1H3,(H,5,6). The summed E-state index contributed by atoms with van der Waals surface area (Å²) >= 11 is 5.75. The van der Waals surface area contributed by atoms with Gasteiger partial charge in [0, 0.05) is 5.02 Å². The molecule has 0 aromatic heterocycles. The lowest BCUT2D eigenvalue weighted by molar-refractivity contribution is -0.145. The van der Waals surface area contributed by atoms with E-state index in [-0.39, 0.29) is 0 Å². The van der Waals surface area contributed by atoms with Crippen molar-refractivity contribution in [3.05, 3.63) is 41.4 Å². The minimum atomic E-state index is -1.23. The Morgan fingerprint density at radius 2 is 2.00 bits per heavy atom. The Morgan fingerprint density at radius 3 is 2.27 bits per heavy atom. The van der Waals surface area contributed by atoms with Crippen molar-refractivity contribution in [1.29, 1.82) is 0 Å². The lowest BCUT2D eigenvalue weighted by Gasteiger charge is -1.92. The Labute approximate surface area is 93.6 Å². The average molecular weight is 229 g/mol. The molecule has 1 aromatic carbocycles. The molecule has 1 aromatic rings. The normalized spacial score (nSPS) is 10.9. The van der Waals surface area contributed by atoms with Crippen LogP contribution in [0.1, 0.15) is 12.5 Å². The number of aliphatic hydroxyl groups excluding tert-OH is 1. The molecule has 0 saturated heterocycles. The maximum Gasteiger partial charge on any atom is 0.332 e. The largest absolute Gasteiger partial charge is 0.479 e. The predicted molar refractivity (Wildman–Crippen MR) is 60.9 cm³/mol. The van der Waals surface area contributed by atoms with Gasteiger partial charge in [-0.25, -0.2) is 4.79 Å². The van der Waals surface area contributed by atoms with Crippen molar-refractivity contribution in [2.45, 2.75) is 13.0 Å². The molecule has 0 bridgehead atoms. The summed E-state index contributed by atoms with van der Waals surface area (Å²) in [5.74, 6) is -1.19. The molecular weight excluding hydrogens is 216 g/mol. The van der Waals surface area contributed by atoms with Crippen LogP contribution < -0.4 is 0 Å². The van der Waals surface area contributed by atoms with Crippen LogP contribution in [0.5, 0.6) is 0 Å². The van der Waals surface area contributed by atoms with Gasteiger partial charge in [-0.05, 0) is 18.6 Å². The van der Waals surface area contributed by atoms with Crippen molar-refractivity contribution in [3.63, 3.8) is 0 Å². The van der Waals surface area contributed by atoms with Crippen molar-refractivity contribution in [1.82, 2.24) is 0 Å². The fraction of sp³-hybridized carbons (Fsp3) is 0.182. The zero-order valence-electron chi connectivity index (χ0n) is 8.35. The summed E-state index contributed by atoms with van der Waals surface area (Å²) < 4.78 is 0. The first-order chi connectivity index (χ1) is 6.99. The van der Waals surface area contributed by atoms with Crippen LogP contribution in [0, 0.1) is 0 Å². The minimum absolute atomic E-state index is 0.757. The van der Waals surface area contributed by atoms with E-state index in [4.69, 9.17) is 21.8 Å². The monoisotopic (exact) mass is 228 g/mol. The number of aliphatic hydroxyl groups is 1. The average Bonchev–Trinajstić information content (AvgIpc) is 2.19. The van der Waals surface area contributed by atoms with Crippen molar-refractivity contribution in [3.8, 4) is 0 Å². The van der Waals surface area contributed by atoms with E-state index >= 15 is 0 Å². The number of halogens is 1. The van der Waals surface area contributed by atoms with Crippen molar-refractivity contribution in [2.24, 2.45) is 0 Å². The van der Waals surface area contributed by atoms with Crippen LogP contribution in [-0.2, 0) is 4.79 Å². The van der Waals surface area contributed by atoms with Gasteiger partial charge in [-0.2, -0.15) is 0 Å². The van der Waals surface area contributed by atoms with Crippen molar-refractivity contribution >= 4 is 23.6 Å². The van der Waals surface area contributed by atoms with Gasteiger partial charge in [-0.3, -0.25) is 0 Å². The summed E-state index contributed by atoms with van der Waals surface area (Å²) in [6, 6.07) is 7.60. The van der Waals surface area contributed by atoms with Crippen LogP contribution in [0.3, 0.4) is 0 Å². The van der Waals surface area contributed by atoms with Crippen LogP contribution in [0.4, 0.5) is 0 Å². The summed E-state index contributed by atoms with van der Waals surface area (Å²) in [5.41, 5.74) is 0.985. The van der Waals surface area contributed by atoms with E-state index in [1.807, 2.05) is 24.3 Å². The van der Waals surface area contributed by atoms with Gasteiger partial charge in [0.05, 0.1) is 0 Å². The van der Waals surface area contributed by atoms with Crippen LogP contribution in [0.2, 0.25) is 5.02 Å². The molecule has 1 unspecified atom stereocenters. The molecule has 0 amide bonds. The summed E-state index contributed by atoms with van der Waals surface area (Å²) in [6.45, 7) is 4.80. The third-order valence-electron chi connectivity index (χ3n) is 1.48. The lowest BCUT2D eigenvalue weighted by atomic mass is 10.2. The van der Waals surface area contributed by atoms with Crippen molar-refractivity contribution in [2.75, 3.05) is 0 Å². The highest BCUT2D eigenvalue weighted by atomic mass is 35.5. The molecule has 0 spiro atoms. The van der Waals surface area contributed by atoms with Crippen LogP contribution in [0.15, 0.2) is 30.8 Å². The van der Waals surface area contributed by atoms with Gasteiger partial charge >= 0.3 is 5.97 Å². The zero-order valence-corrected chi connectivity index (χ0v) is 9.11. The fourth-order valence-electron chi connectivity index (χ4n) is 0.641. The molecule has 2 N–H and O–H groups in total. The predicted octanol–water partition coefficient (Wildman–Crippen LogP) is 2.43. The molecule has 0 aliphatic carbocycles. The van der Waals surface area contributed by atoms with E-state index in [1.54, 1.807) is 6.08 Å². The minimum Gasteiger partial charge on any atom is -0.479 e. The molecule has 0 aliphatic heterocycles. The maximum absolute atomic E-state index is 9.45. The lowest BCUT2D eigenvalue weighted by Crippen LogP contribution is -2.13. The van der Waals surface area contributed by atoms with Crippen molar-refractivity contribution < 1.29 is 15.0 Å². The second kappa shape index (κ2) is 7.04. The van der Waals surface area contributed by atoms with E-state index in [0.29, 0.717) is 0 Å². The molecule has 0 radical (unpaired) electrons. The van der Waals surface area contributed by atoms with E-state index < -0.39 is 12.1 Å². The Hall–Kier alpha value is -1.32. The molecule has 3 nitrogen and oxygen atoms in total. The Kier molecular flexibility index (Phi) is 6.42. The smallest absolute Gasteiger partial charge is 0.332 e. The van der Waals surface area contributed by atoms with Gasteiger partial charge in [0.25, 0.3) is 0 Å². The van der Waals surface area contributed by atoms with Gasteiger partial charge in [0.1, 0.15) is 6.10 Å². The van der Waals surface area contributed by atoms with E-state index in [2.05, 4.69) is 6.58 Å². The van der Waals surface area contributed by atoms with Crippen LogP contribution >= 0.6 is 11.6 Å². The maximum atomic E-state index is 9.45. The summed E-state index contributed by atoms with van der Waals surface area (Å²) in [5, 5.41) is 16.5. The third kappa shape index (κ3) is 5.88. The van der Waals surface area contributed by atoms with E-state index in [9.17, 15) is 4.79 Å². The van der Waals surface area contributed by atoms with Crippen LogP contribution in [0.25, 0.3) is 6.08 Å². The Balaban J connectivity index is 0.000000288. The number of hydrogen-bond donors (Lipinski definition) is 2.